The summed E-state index contributed by atoms with van der Waals surface area (Å²) in [6, 6.07) is 10.5. The van der Waals surface area contributed by atoms with E-state index in [9.17, 15) is 13.2 Å². The van der Waals surface area contributed by atoms with Crippen molar-refractivity contribution in [3.63, 3.8) is 0 Å². The van der Waals surface area contributed by atoms with E-state index in [1.54, 1.807) is 35.6 Å². The van der Waals surface area contributed by atoms with Gasteiger partial charge in [0.1, 0.15) is 12.1 Å². The number of nitrogens with zero attached hydrogens (tertiary/aromatic N) is 7. The van der Waals surface area contributed by atoms with E-state index >= 15 is 0 Å². The van der Waals surface area contributed by atoms with Crippen LogP contribution in [0.4, 0.5) is 30.8 Å². The lowest BCUT2D eigenvalue weighted by atomic mass is 10.1. The van der Waals surface area contributed by atoms with Crippen molar-refractivity contribution in [1.82, 2.24) is 34.5 Å². The Hall–Kier alpha value is -4.61. The summed E-state index contributed by atoms with van der Waals surface area (Å²) in [5, 5.41) is 6.31. The predicted octanol–water partition coefficient (Wildman–Crippen LogP) is 4.43. The minimum atomic E-state index is -4.39. The number of fused-ring (bicyclic) bond motifs is 1. The van der Waals surface area contributed by atoms with Crippen LogP contribution in [0.3, 0.4) is 0 Å². The van der Waals surface area contributed by atoms with Crippen LogP contribution in [0.5, 0.6) is 0 Å². The molecular weight excluding hydrogens is 459 g/mol. The Bertz CT molecular complexity index is 1420. The van der Waals surface area contributed by atoms with Gasteiger partial charge in [0.2, 0.25) is 5.95 Å². The fraction of sp³-hybridized carbons (Fsp3) is 0.130. The molecule has 4 heterocycles. The lowest BCUT2D eigenvalue weighted by molar-refractivity contribution is -0.137. The highest BCUT2D eigenvalue weighted by Gasteiger charge is 2.30. The molecule has 0 amide bonds. The summed E-state index contributed by atoms with van der Waals surface area (Å²) >= 11 is 0. The molecule has 0 aliphatic rings. The van der Waals surface area contributed by atoms with Crippen molar-refractivity contribution >= 4 is 28.7 Å². The number of nitrogens with one attached hydrogen (secondary N) is 2. The number of rotatable bonds is 7. The standard InChI is InChI=1S/C23H18F3N9/c24-23(25,26)17-5-3-15(4-6-17)12-35-14-31-19-20(29-11-16-2-1-8-27-10-16)33-22(34-21(19)35)32-18-7-9-28-13-30-18/h1-10,13-14H,11-12H2,(H2,28,29,30,32,33,34). The molecule has 2 N–H and O–H groups in total. The topological polar surface area (TPSA) is 106 Å². The number of imidazole rings is 1. The smallest absolute Gasteiger partial charge is 0.364 e. The molecule has 0 radical (unpaired) electrons. The average molecular weight is 477 g/mol. The number of pyridine rings is 1. The maximum Gasteiger partial charge on any atom is 0.416 e. The van der Waals surface area contributed by atoms with Gasteiger partial charge >= 0.3 is 6.18 Å². The number of halogens is 3. The van der Waals surface area contributed by atoms with E-state index in [1.807, 2.05) is 12.1 Å². The first kappa shape index (κ1) is 22.2. The van der Waals surface area contributed by atoms with E-state index in [-0.39, 0.29) is 12.5 Å². The van der Waals surface area contributed by atoms with Gasteiger partial charge in [-0.3, -0.25) is 4.98 Å². The molecule has 5 aromatic rings. The van der Waals surface area contributed by atoms with Crippen LogP contribution in [-0.2, 0) is 19.3 Å². The first-order valence-electron chi connectivity index (χ1n) is 10.5. The molecule has 0 fully saturated rings. The van der Waals surface area contributed by atoms with Crippen molar-refractivity contribution in [2.75, 3.05) is 10.6 Å². The van der Waals surface area contributed by atoms with Crippen molar-refractivity contribution in [3.8, 4) is 0 Å². The fourth-order valence-electron chi connectivity index (χ4n) is 3.40. The van der Waals surface area contributed by atoms with Crippen molar-refractivity contribution in [3.05, 3.63) is 90.4 Å². The summed E-state index contributed by atoms with van der Waals surface area (Å²) in [7, 11) is 0. The van der Waals surface area contributed by atoms with Crippen LogP contribution in [0, 0.1) is 0 Å². The Balaban J connectivity index is 1.48. The zero-order chi connectivity index (χ0) is 24.3. The van der Waals surface area contributed by atoms with Gasteiger partial charge < -0.3 is 15.2 Å². The number of hydrogen-bond donors (Lipinski definition) is 2. The molecule has 0 unspecified atom stereocenters. The van der Waals surface area contributed by atoms with Gasteiger partial charge in [0.15, 0.2) is 17.0 Å². The van der Waals surface area contributed by atoms with E-state index in [4.69, 9.17) is 0 Å². The molecule has 1 aromatic carbocycles. The quantitative estimate of drug-likeness (QED) is 0.355. The lowest BCUT2D eigenvalue weighted by Crippen LogP contribution is -2.08. The van der Waals surface area contributed by atoms with Crippen molar-refractivity contribution in [2.45, 2.75) is 19.3 Å². The van der Waals surface area contributed by atoms with Crippen LogP contribution in [0.1, 0.15) is 16.7 Å². The van der Waals surface area contributed by atoms with E-state index in [2.05, 4.69) is 40.5 Å². The third-order valence-electron chi connectivity index (χ3n) is 5.10. The van der Waals surface area contributed by atoms with Crippen molar-refractivity contribution in [2.24, 2.45) is 0 Å². The van der Waals surface area contributed by atoms with Crippen LogP contribution in [0.25, 0.3) is 11.2 Å². The highest BCUT2D eigenvalue weighted by molar-refractivity contribution is 5.84. The molecule has 0 saturated heterocycles. The number of aromatic nitrogens is 7. The van der Waals surface area contributed by atoms with Gasteiger partial charge in [-0.15, -0.1) is 0 Å². The molecule has 0 aliphatic carbocycles. The van der Waals surface area contributed by atoms with E-state index in [0.717, 1.165) is 17.7 Å². The van der Waals surface area contributed by atoms with E-state index in [1.165, 1.54) is 18.5 Å². The van der Waals surface area contributed by atoms with Crippen molar-refractivity contribution in [1.29, 1.82) is 0 Å². The maximum atomic E-state index is 12.9. The molecule has 12 heteroatoms. The molecule has 176 valence electrons. The van der Waals surface area contributed by atoms with Crippen molar-refractivity contribution < 1.29 is 13.2 Å². The van der Waals surface area contributed by atoms with Crippen LogP contribution in [0.2, 0.25) is 0 Å². The molecule has 0 bridgehead atoms. The van der Waals surface area contributed by atoms with Gasteiger partial charge in [-0.25, -0.2) is 15.0 Å². The summed E-state index contributed by atoms with van der Waals surface area (Å²) in [5.74, 6) is 1.27. The van der Waals surface area contributed by atoms with Crippen LogP contribution in [-0.4, -0.2) is 34.5 Å². The normalized spacial score (nSPS) is 11.5. The monoisotopic (exact) mass is 477 g/mol. The number of alkyl halides is 3. The minimum absolute atomic E-state index is 0.277. The third kappa shape index (κ3) is 5.16. The molecule has 9 nitrogen and oxygen atoms in total. The molecule has 4 aromatic heterocycles. The largest absolute Gasteiger partial charge is 0.416 e. The van der Waals surface area contributed by atoms with E-state index < -0.39 is 11.7 Å². The summed E-state index contributed by atoms with van der Waals surface area (Å²) in [6.07, 6.45) is 3.62. The first-order chi connectivity index (χ1) is 17.0. The summed E-state index contributed by atoms with van der Waals surface area (Å²) in [4.78, 5) is 25.7. The number of anilines is 3. The summed E-state index contributed by atoms with van der Waals surface area (Å²) in [5.41, 5.74) is 1.95. The van der Waals surface area contributed by atoms with Gasteiger partial charge in [0.05, 0.1) is 18.4 Å². The average Bonchev–Trinajstić information content (AvgIpc) is 3.26. The van der Waals surface area contributed by atoms with Gasteiger partial charge in [-0.2, -0.15) is 23.1 Å². The molecule has 0 saturated carbocycles. The lowest BCUT2D eigenvalue weighted by Gasteiger charge is -2.11. The minimum Gasteiger partial charge on any atom is -0.364 e. The number of hydrogen-bond acceptors (Lipinski definition) is 8. The van der Waals surface area contributed by atoms with Crippen LogP contribution < -0.4 is 10.6 Å². The zero-order valence-corrected chi connectivity index (χ0v) is 18.1. The molecule has 5 rings (SSSR count). The van der Waals surface area contributed by atoms with E-state index in [0.29, 0.717) is 34.9 Å². The Morgan fingerprint density at radius 2 is 1.74 bits per heavy atom. The second kappa shape index (κ2) is 9.33. The Labute approximate surface area is 197 Å². The van der Waals surface area contributed by atoms with Crippen LogP contribution in [0.15, 0.2) is 73.7 Å². The van der Waals surface area contributed by atoms with Gasteiger partial charge in [0.25, 0.3) is 0 Å². The molecule has 35 heavy (non-hydrogen) atoms. The Morgan fingerprint density at radius 3 is 2.46 bits per heavy atom. The van der Waals surface area contributed by atoms with Gasteiger partial charge in [0, 0.05) is 25.1 Å². The Morgan fingerprint density at radius 1 is 0.886 bits per heavy atom. The maximum absolute atomic E-state index is 12.9. The molecule has 0 atom stereocenters. The highest BCUT2D eigenvalue weighted by atomic mass is 19.4. The van der Waals surface area contributed by atoms with Gasteiger partial charge in [-0.05, 0) is 35.4 Å². The number of benzene rings is 1. The second-order valence-electron chi connectivity index (χ2n) is 7.57. The highest BCUT2D eigenvalue weighted by Crippen LogP contribution is 2.29. The van der Waals surface area contributed by atoms with Crippen LogP contribution >= 0.6 is 0 Å². The molecule has 0 aliphatic heterocycles. The Kier molecular flexibility index (Phi) is 5.92. The SMILES string of the molecule is FC(F)(F)c1ccc(Cn2cnc3c(NCc4cccnc4)nc(Nc4ccncn4)nc32)cc1. The molecular formula is C23H18F3N9. The predicted molar refractivity (Wildman–Crippen MR) is 123 cm³/mol. The summed E-state index contributed by atoms with van der Waals surface area (Å²) in [6.45, 7) is 0.735. The molecule has 0 spiro atoms. The third-order valence-corrected chi connectivity index (χ3v) is 5.10. The first-order valence-corrected chi connectivity index (χ1v) is 10.5. The fourth-order valence-corrected chi connectivity index (χ4v) is 3.40. The second-order valence-corrected chi connectivity index (χ2v) is 7.57. The summed E-state index contributed by atoms with van der Waals surface area (Å²) < 4.78 is 40.5. The van der Waals surface area contributed by atoms with Gasteiger partial charge in [-0.1, -0.05) is 18.2 Å². The zero-order valence-electron chi connectivity index (χ0n) is 18.1.